The van der Waals surface area contributed by atoms with E-state index in [0.717, 1.165) is 17.3 Å². The summed E-state index contributed by atoms with van der Waals surface area (Å²) in [6.45, 7) is 4.37. The third kappa shape index (κ3) is 3.17. The molecule has 2 amide bonds. The van der Waals surface area contributed by atoms with Gasteiger partial charge in [-0.25, -0.2) is 0 Å². The minimum atomic E-state index is -0.239. The highest BCUT2D eigenvalue weighted by Crippen LogP contribution is 2.32. The summed E-state index contributed by atoms with van der Waals surface area (Å²) in [4.78, 5) is 25.6. The fraction of sp³-hybridized carbons (Fsp3) is 0.286. The summed E-state index contributed by atoms with van der Waals surface area (Å²) in [5, 5.41) is 8.98. The van der Waals surface area contributed by atoms with Gasteiger partial charge in [0.2, 0.25) is 0 Å². The second kappa shape index (κ2) is 5.48. The van der Waals surface area contributed by atoms with Crippen LogP contribution in [0.3, 0.4) is 0 Å². The molecule has 100 valence electrons. The Kier molecular flexibility index (Phi) is 3.95. The van der Waals surface area contributed by atoms with Gasteiger partial charge in [-0.05, 0) is 41.5 Å². The summed E-state index contributed by atoms with van der Waals surface area (Å²) in [6.07, 6.45) is 1.67. The Morgan fingerprint density at radius 3 is 2.47 bits per heavy atom. The Labute approximate surface area is 116 Å². The second-order valence-corrected chi connectivity index (χ2v) is 5.77. The molecule has 1 aliphatic heterocycles. The molecule has 0 aliphatic carbocycles. The molecule has 0 radical (unpaired) electrons. The Bertz CT molecular complexity index is 534. The number of phenols is 1. The van der Waals surface area contributed by atoms with Crippen LogP contribution in [0.5, 0.6) is 5.75 Å². The minimum Gasteiger partial charge on any atom is -0.508 e. The van der Waals surface area contributed by atoms with Crippen molar-refractivity contribution in [3.8, 4) is 5.75 Å². The SMILES string of the molecule is CC(C)CN1C(=O)SC(=Cc2ccc(O)cc2)C1=O. The average molecular weight is 277 g/mol. The van der Waals surface area contributed by atoms with E-state index in [1.807, 2.05) is 13.8 Å². The van der Waals surface area contributed by atoms with E-state index in [0.29, 0.717) is 11.4 Å². The predicted molar refractivity (Wildman–Crippen MR) is 75.6 cm³/mol. The molecule has 1 aromatic rings. The standard InChI is InChI=1S/C14H15NO3S/c1-9(2)8-15-13(17)12(19-14(15)18)7-10-3-5-11(16)6-4-10/h3-7,9,16H,8H2,1-2H3. The number of phenolic OH excluding ortho intramolecular Hbond substituents is 1. The van der Waals surface area contributed by atoms with Crippen LogP contribution in [0.15, 0.2) is 29.2 Å². The molecular weight excluding hydrogens is 262 g/mol. The first-order valence-corrected chi connectivity index (χ1v) is 6.83. The number of carbonyl (C=O) groups is 2. The van der Waals surface area contributed by atoms with Crippen molar-refractivity contribution in [2.45, 2.75) is 13.8 Å². The number of nitrogens with zero attached hydrogens (tertiary/aromatic N) is 1. The van der Waals surface area contributed by atoms with E-state index in [-0.39, 0.29) is 22.8 Å². The first-order valence-electron chi connectivity index (χ1n) is 6.02. The van der Waals surface area contributed by atoms with Crippen molar-refractivity contribution in [3.63, 3.8) is 0 Å². The molecule has 1 heterocycles. The Balaban J connectivity index is 2.20. The van der Waals surface area contributed by atoms with Crippen molar-refractivity contribution in [2.24, 2.45) is 5.92 Å². The number of hydrogen-bond acceptors (Lipinski definition) is 4. The van der Waals surface area contributed by atoms with E-state index in [9.17, 15) is 14.7 Å². The monoisotopic (exact) mass is 277 g/mol. The van der Waals surface area contributed by atoms with Crippen molar-refractivity contribution in [3.05, 3.63) is 34.7 Å². The Hall–Kier alpha value is -1.75. The number of amides is 2. The Morgan fingerprint density at radius 2 is 1.89 bits per heavy atom. The van der Waals surface area contributed by atoms with Crippen LogP contribution in [0, 0.1) is 5.92 Å². The van der Waals surface area contributed by atoms with Gasteiger partial charge < -0.3 is 5.11 Å². The number of carbonyl (C=O) groups excluding carboxylic acids is 2. The van der Waals surface area contributed by atoms with Crippen LogP contribution in [-0.2, 0) is 4.79 Å². The molecule has 1 aromatic carbocycles. The first-order chi connectivity index (χ1) is 8.97. The van der Waals surface area contributed by atoms with E-state index in [1.165, 1.54) is 4.90 Å². The van der Waals surface area contributed by atoms with Crippen molar-refractivity contribution < 1.29 is 14.7 Å². The average Bonchev–Trinajstić information content (AvgIpc) is 2.60. The zero-order valence-corrected chi connectivity index (χ0v) is 11.6. The molecule has 1 saturated heterocycles. The molecule has 1 aliphatic rings. The molecule has 19 heavy (non-hydrogen) atoms. The summed E-state index contributed by atoms with van der Waals surface area (Å²) in [5.41, 5.74) is 0.785. The van der Waals surface area contributed by atoms with Gasteiger partial charge in [-0.15, -0.1) is 0 Å². The van der Waals surface area contributed by atoms with Crippen LogP contribution < -0.4 is 0 Å². The Morgan fingerprint density at radius 1 is 1.26 bits per heavy atom. The van der Waals surface area contributed by atoms with E-state index in [1.54, 1.807) is 30.3 Å². The van der Waals surface area contributed by atoms with Crippen molar-refractivity contribution in [1.82, 2.24) is 4.90 Å². The van der Waals surface area contributed by atoms with Gasteiger partial charge in [0.1, 0.15) is 5.75 Å². The van der Waals surface area contributed by atoms with Gasteiger partial charge in [-0.1, -0.05) is 26.0 Å². The summed E-state index contributed by atoms with van der Waals surface area (Å²) in [5.74, 6) is 0.184. The highest BCUT2D eigenvalue weighted by molar-refractivity contribution is 8.18. The number of rotatable bonds is 3. The molecule has 0 spiro atoms. The summed E-state index contributed by atoms with van der Waals surface area (Å²) in [7, 11) is 0. The van der Waals surface area contributed by atoms with Crippen LogP contribution >= 0.6 is 11.8 Å². The molecule has 0 atom stereocenters. The molecule has 0 saturated carbocycles. The first kappa shape index (κ1) is 13.7. The van der Waals surface area contributed by atoms with E-state index in [2.05, 4.69) is 0 Å². The van der Waals surface area contributed by atoms with E-state index in [4.69, 9.17) is 0 Å². The summed E-state index contributed by atoms with van der Waals surface area (Å²) in [6, 6.07) is 6.49. The van der Waals surface area contributed by atoms with Gasteiger partial charge in [0.05, 0.1) is 4.91 Å². The maximum atomic E-state index is 12.1. The second-order valence-electron chi connectivity index (χ2n) is 4.78. The largest absolute Gasteiger partial charge is 0.508 e. The fourth-order valence-corrected chi connectivity index (χ4v) is 2.59. The van der Waals surface area contributed by atoms with Crippen LogP contribution in [-0.4, -0.2) is 27.7 Å². The number of aromatic hydroxyl groups is 1. The lowest BCUT2D eigenvalue weighted by Gasteiger charge is -2.14. The normalized spacial score (nSPS) is 17.8. The highest BCUT2D eigenvalue weighted by atomic mass is 32.2. The highest BCUT2D eigenvalue weighted by Gasteiger charge is 2.35. The molecule has 5 heteroatoms. The maximum absolute atomic E-state index is 12.1. The zero-order chi connectivity index (χ0) is 14.0. The van der Waals surface area contributed by atoms with Gasteiger partial charge >= 0.3 is 0 Å². The zero-order valence-electron chi connectivity index (χ0n) is 10.8. The third-order valence-corrected chi connectivity index (χ3v) is 3.52. The number of imide groups is 1. The lowest BCUT2D eigenvalue weighted by Crippen LogP contribution is -2.31. The molecule has 1 fully saturated rings. The van der Waals surface area contributed by atoms with Gasteiger partial charge in [0.25, 0.3) is 11.1 Å². The smallest absolute Gasteiger partial charge is 0.293 e. The predicted octanol–water partition coefficient (Wildman–Crippen LogP) is 3.08. The maximum Gasteiger partial charge on any atom is 0.293 e. The lowest BCUT2D eigenvalue weighted by atomic mass is 10.2. The van der Waals surface area contributed by atoms with Crippen LogP contribution in [0.25, 0.3) is 6.08 Å². The van der Waals surface area contributed by atoms with Crippen molar-refractivity contribution >= 4 is 29.0 Å². The van der Waals surface area contributed by atoms with Crippen LogP contribution in [0.1, 0.15) is 19.4 Å². The van der Waals surface area contributed by atoms with Crippen LogP contribution in [0.4, 0.5) is 4.79 Å². The third-order valence-electron chi connectivity index (χ3n) is 2.61. The van der Waals surface area contributed by atoms with Crippen LogP contribution in [0.2, 0.25) is 0 Å². The van der Waals surface area contributed by atoms with Gasteiger partial charge in [0, 0.05) is 6.54 Å². The summed E-state index contributed by atoms with van der Waals surface area (Å²) < 4.78 is 0. The molecule has 1 N–H and O–H groups in total. The summed E-state index contributed by atoms with van der Waals surface area (Å²) >= 11 is 0.959. The molecule has 0 aromatic heterocycles. The minimum absolute atomic E-state index is 0.171. The number of hydrogen-bond donors (Lipinski definition) is 1. The number of thioether (sulfide) groups is 1. The van der Waals surface area contributed by atoms with E-state index >= 15 is 0 Å². The van der Waals surface area contributed by atoms with Gasteiger partial charge in [-0.3, -0.25) is 14.5 Å². The lowest BCUT2D eigenvalue weighted by molar-refractivity contribution is -0.123. The van der Waals surface area contributed by atoms with Crippen molar-refractivity contribution in [1.29, 1.82) is 0 Å². The molecule has 2 rings (SSSR count). The molecule has 0 unspecified atom stereocenters. The topological polar surface area (TPSA) is 57.6 Å². The fourth-order valence-electron chi connectivity index (χ4n) is 1.74. The van der Waals surface area contributed by atoms with E-state index < -0.39 is 0 Å². The van der Waals surface area contributed by atoms with Gasteiger partial charge in [-0.2, -0.15) is 0 Å². The quantitative estimate of drug-likeness (QED) is 0.863. The van der Waals surface area contributed by atoms with Gasteiger partial charge in [0.15, 0.2) is 0 Å². The molecule has 4 nitrogen and oxygen atoms in total. The number of benzene rings is 1. The van der Waals surface area contributed by atoms with Crippen molar-refractivity contribution in [2.75, 3.05) is 6.54 Å². The molecular formula is C14H15NO3S. The molecule has 0 bridgehead atoms.